The fourth-order valence-corrected chi connectivity index (χ4v) is 3.08. The van der Waals surface area contributed by atoms with E-state index in [4.69, 9.17) is 8.67 Å². The lowest BCUT2D eigenvalue weighted by Crippen LogP contribution is -2.17. The Morgan fingerprint density at radius 3 is 2.22 bits per heavy atom. The lowest BCUT2D eigenvalue weighted by atomic mass is 10.2. The van der Waals surface area contributed by atoms with Crippen LogP contribution in [0.4, 0.5) is 0 Å². The Balaban J connectivity index is 1.91. The molecule has 2 saturated heterocycles. The zero-order valence-corrected chi connectivity index (χ0v) is 5.86. The van der Waals surface area contributed by atoms with Crippen LogP contribution in [-0.2, 0) is 13.8 Å². The summed E-state index contributed by atoms with van der Waals surface area (Å²) in [6.07, 6.45) is 1.14. The molecule has 3 nitrogen and oxygen atoms in total. The molecule has 1 spiro atoms. The molecule has 2 fully saturated rings. The zero-order valence-electron chi connectivity index (χ0n) is 5.04. The standard InChI is InChI=1S/C5H9O3S/c6-5-1-3-9(4-2-5)7-8-9/h5H,1-4H2. The number of hydrogen-bond acceptors (Lipinski definition) is 2. The first-order valence-corrected chi connectivity index (χ1v) is 4.95. The van der Waals surface area contributed by atoms with Gasteiger partial charge in [0.2, 0.25) is 0 Å². The van der Waals surface area contributed by atoms with E-state index in [1.165, 1.54) is 0 Å². The molecular formula is C5H9O3S. The Bertz CT molecular complexity index is 113. The Hall–Kier alpha value is 0.230. The van der Waals surface area contributed by atoms with E-state index >= 15 is 0 Å². The SMILES string of the molecule is [O]C1CCS2(CC1)OO2. The highest BCUT2D eigenvalue weighted by Gasteiger charge is 2.42. The summed E-state index contributed by atoms with van der Waals surface area (Å²) in [5, 5.41) is 10.8. The van der Waals surface area contributed by atoms with Crippen molar-refractivity contribution in [2.45, 2.75) is 18.9 Å². The molecule has 2 heterocycles. The molecule has 2 aliphatic heterocycles. The number of hydrogen-bond donors (Lipinski definition) is 0. The van der Waals surface area contributed by atoms with Gasteiger partial charge in [0.15, 0.2) is 0 Å². The summed E-state index contributed by atoms with van der Waals surface area (Å²) in [5.41, 5.74) is 0. The number of rotatable bonds is 0. The molecule has 9 heavy (non-hydrogen) atoms. The zero-order chi connectivity index (χ0) is 6.32. The molecular weight excluding hydrogens is 140 g/mol. The van der Waals surface area contributed by atoms with Crippen LogP contribution in [0.1, 0.15) is 12.8 Å². The van der Waals surface area contributed by atoms with Crippen LogP contribution in [0.5, 0.6) is 0 Å². The molecule has 0 unspecified atom stereocenters. The molecule has 2 rings (SSSR count). The summed E-state index contributed by atoms with van der Waals surface area (Å²) < 4.78 is 9.66. The first-order valence-electron chi connectivity index (χ1n) is 3.13. The van der Waals surface area contributed by atoms with Crippen molar-refractivity contribution < 1.29 is 13.8 Å². The van der Waals surface area contributed by atoms with Crippen LogP contribution in [0.2, 0.25) is 0 Å². The average molecular weight is 149 g/mol. The van der Waals surface area contributed by atoms with Crippen LogP contribution in [-0.4, -0.2) is 17.6 Å². The van der Waals surface area contributed by atoms with E-state index in [0.29, 0.717) is 0 Å². The fourth-order valence-electron chi connectivity index (χ4n) is 1.04. The van der Waals surface area contributed by atoms with Crippen molar-refractivity contribution in [2.75, 3.05) is 11.5 Å². The highest BCUT2D eigenvalue weighted by Crippen LogP contribution is 2.67. The van der Waals surface area contributed by atoms with Crippen molar-refractivity contribution in [3.8, 4) is 0 Å². The van der Waals surface area contributed by atoms with Gasteiger partial charge < -0.3 is 0 Å². The summed E-state index contributed by atoms with van der Waals surface area (Å²) in [6, 6.07) is 0. The third kappa shape index (κ3) is 1.08. The van der Waals surface area contributed by atoms with Crippen molar-refractivity contribution >= 4 is 10.6 Å². The van der Waals surface area contributed by atoms with Crippen LogP contribution in [0.3, 0.4) is 0 Å². The summed E-state index contributed by atoms with van der Waals surface area (Å²) in [7, 11) is -1.07. The summed E-state index contributed by atoms with van der Waals surface area (Å²) in [6.45, 7) is 0. The first-order chi connectivity index (χ1) is 4.31. The minimum absolute atomic E-state index is 0.351. The summed E-state index contributed by atoms with van der Waals surface area (Å²) in [4.78, 5) is 0. The van der Waals surface area contributed by atoms with Crippen molar-refractivity contribution in [3.63, 3.8) is 0 Å². The van der Waals surface area contributed by atoms with Crippen molar-refractivity contribution in [2.24, 2.45) is 0 Å². The molecule has 0 aromatic heterocycles. The monoisotopic (exact) mass is 149 g/mol. The Kier molecular flexibility index (Phi) is 1.23. The van der Waals surface area contributed by atoms with Gasteiger partial charge in [-0.15, -0.1) is 19.3 Å². The van der Waals surface area contributed by atoms with E-state index in [9.17, 15) is 5.11 Å². The van der Waals surface area contributed by atoms with Gasteiger partial charge >= 0.3 is 0 Å². The van der Waals surface area contributed by atoms with Gasteiger partial charge in [-0.1, -0.05) is 0 Å². The molecule has 0 amide bonds. The molecule has 4 heteroatoms. The molecule has 0 bridgehead atoms. The quantitative estimate of drug-likeness (QED) is 0.383. The van der Waals surface area contributed by atoms with Gasteiger partial charge in [0.25, 0.3) is 0 Å². The predicted octanol–water partition coefficient (Wildman–Crippen LogP) is 1.18. The van der Waals surface area contributed by atoms with E-state index in [1.807, 2.05) is 0 Å². The maximum atomic E-state index is 10.8. The van der Waals surface area contributed by atoms with Gasteiger partial charge in [-0.2, -0.15) is 0 Å². The van der Waals surface area contributed by atoms with Crippen LogP contribution in [0, 0.1) is 0 Å². The maximum absolute atomic E-state index is 10.8. The van der Waals surface area contributed by atoms with Crippen LogP contribution >= 0.6 is 10.6 Å². The largest absolute Gasteiger partial charge is 0.233 e. The Labute approximate surface area is 55.6 Å². The van der Waals surface area contributed by atoms with Crippen molar-refractivity contribution in [1.82, 2.24) is 0 Å². The minimum atomic E-state index is -1.07. The van der Waals surface area contributed by atoms with E-state index in [1.54, 1.807) is 0 Å². The van der Waals surface area contributed by atoms with Crippen molar-refractivity contribution in [3.05, 3.63) is 0 Å². The lowest BCUT2D eigenvalue weighted by molar-refractivity contribution is 0.0812. The molecule has 2 aliphatic rings. The second kappa shape index (κ2) is 1.85. The third-order valence-corrected chi connectivity index (χ3v) is 4.00. The molecule has 0 N–H and O–H groups in total. The average Bonchev–Trinajstić information content (AvgIpc) is 2.60. The second-order valence-electron chi connectivity index (χ2n) is 2.49. The fraction of sp³-hybridized carbons (Fsp3) is 1.00. The highest BCUT2D eigenvalue weighted by molar-refractivity contribution is 8.29. The third-order valence-electron chi connectivity index (χ3n) is 1.76. The first kappa shape index (κ1) is 5.97. The minimum Gasteiger partial charge on any atom is -0.233 e. The molecule has 0 aliphatic carbocycles. The summed E-state index contributed by atoms with van der Waals surface area (Å²) in [5.74, 6) is 1.75. The highest BCUT2D eigenvalue weighted by atomic mass is 32.3. The van der Waals surface area contributed by atoms with Gasteiger partial charge in [0, 0.05) is 11.5 Å². The van der Waals surface area contributed by atoms with Gasteiger partial charge in [-0.25, -0.2) is 5.11 Å². The molecule has 0 saturated carbocycles. The predicted molar refractivity (Wildman–Crippen MR) is 33.2 cm³/mol. The maximum Gasteiger partial charge on any atom is 0.0960 e. The van der Waals surface area contributed by atoms with Crippen LogP contribution < -0.4 is 0 Å². The van der Waals surface area contributed by atoms with Crippen LogP contribution in [0.15, 0.2) is 0 Å². The van der Waals surface area contributed by atoms with E-state index in [-0.39, 0.29) is 6.10 Å². The normalized spacial score (nSPS) is 36.6. The van der Waals surface area contributed by atoms with E-state index in [2.05, 4.69) is 0 Å². The second-order valence-corrected chi connectivity index (χ2v) is 5.06. The molecule has 0 aromatic carbocycles. The van der Waals surface area contributed by atoms with Gasteiger partial charge in [0.1, 0.15) is 0 Å². The topological polar surface area (TPSA) is 45.0 Å². The van der Waals surface area contributed by atoms with Gasteiger partial charge in [0.05, 0.1) is 6.10 Å². The van der Waals surface area contributed by atoms with Crippen LogP contribution in [0.25, 0.3) is 0 Å². The van der Waals surface area contributed by atoms with E-state index in [0.717, 1.165) is 24.3 Å². The molecule has 0 aromatic rings. The van der Waals surface area contributed by atoms with Gasteiger partial charge in [-0.3, -0.25) is 0 Å². The van der Waals surface area contributed by atoms with Gasteiger partial charge in [-0.05, 0) is 12.8 Å². The molecule has 53 valence electrons. The van der Waals surface area contributed by atoms with Crippen molar-refractivity contribution in [1.29, 1.82) is 0 Å². The summed E-state index contributed by atoms with van der Waals surface area (Å²) >= 11 is 0. The van der Waals surface area contributed by atoms with E-state index < -0.39 is 10.6 Å². The molecule has 1 radical (unpaired) electrons. The smallest absolute Gasteiger partial charge is 0.0960 e. The lowest BCUT2D eigenvalue weighted by Gasteiger charge is -2.22. The molecule has 0 atom stereocenters. The Morgan fingerprint density at radius 2 is 1.78 bits per heavy atom. The Morgan fingerprint density at radius 1 is 1.22 bits per heavy atom.